The monoisotopic (exact) mass is 460 g/mol. The number of rotatable bonds is 8. The van der Waals surface area contributed by atoms with Gasteiger partial charge in [0.15, 0.2) is 5.78 Å². The Morgan fingerprint density at radius 1 is 1.06 bits per heavy atom. The number of halogens is 4. The van der Waals surface area contributed by atoms with E-state index in [0.717, 1.165) is 12.1 Å². The molecule has 8 heteroatoms. The standard InChI is InChI=1S/C24H20ClF3N2O2/c1-13(25)22(31)11-16(7-14-8-17(26)12-18(27)9-14)23-19(3-2-6-30-23)15-4-5-21(28)20(10-15)24(29)32/h2-6,8-10,12-13,16H,7,11H2,1H3,(H2,29,32)/t13?,16-/m1/s1. The summed E-state index contributed by atoms with van der Waals surface area (Å²) in [5, 5.41) is -0.763. The molecule has 0 fully saturated rings. The number of amides is 1. The summed E-state index contributed by atoms with van der Waals surface area (Å²) in [5.74, 6) is -3.99. The lowest BCUT2D eigenvalue weighted by Gasteiger charge is -2.20. The highest BCUT2D eigenvalue weighted by atomic mass is 35.5. The lowest BCUT2D eigenvalue weighted by molar-refractivity contribution is -0.118. The molecule has 0 aliphatic carbocycles. The van der Waals surface area contributed by atoms with Crippen LogP contribution in [0.2, 0.25) is 0 Å². The zero-order valence-electron chi connectivity index (χ0n) is 17.1. The molecule has 1 unspecified atom stereocenters. The topological polar surface area (TPSA) is 73.1 Å². The number of ketones is 1. The number of benzene rings is 2. The lowest BCUT2D eigenvalue weighted by Crippen LogP contribution is -2.18. The number of hydrogen-bond donors (Lipinski definition) is 1. The fraction of sp³-hybridized carbons (Fsp3) is 0.208. The van der Waals surface area contributed by atoms with Crippen molar-refractivity contribution < 1.29 is 22.8 Å². The highest BCUT2D eigenvalue weighted by Gasteiger charge is 2.24. The zero-order chi connectivity index (χ0) is 23.4. The maximum absolute atomic E-state index is 14.0. The molecule has 0 aliphatic rings. The predicted octanol–water partition coefficient (Wildman–Crippen LogP) is 5.18. The molecule has 1 amide bonds. The third-order valence-electron chi connectivity index (χ3n) is 5.06. The van der Waals surface area contributed by atoms with Crippen molar-refractivity contribution in [2.45, 2.75) is 31.1 Å². The van der Waals surface area contributed by atoms with Gasteiger partial charge in [-0.3, -0.25) is 14.6 Å². The molecule has 166 valence electrons. The van der Waals surface area contributed by atoms with Crippen molar-refractivity contribution in [2.24, 2.45) is 5.73 Å². The molecule has 0 radical (unpaired) electrons. The van der Waals surface area contributed by atoms with Gasteiger partial charge in [-0.1, -0.05) is 12.1 Å². The van der Waals surface area contributed by atoms with Crippen molar-refractivity contribution in [1.82, 2.24) is 4.98 Å². The average molecular weight is 461 g/mol. The van der Waals surface area contributed by atoms with Crippen molar-refractivity contribution in [2.75, 3.05) is 0 Å². The van der Waals surface area contributed by atoms with Crippen LogP contribution in [0.15, 0.2) is 54.7 Å². The van der Waals surface area contributed by atoms with Gasteiger partial charge in [-0.2, -0.15) is 0 Å². The van der Waals surface area contributed by atoms with Gasteiger partial charge in [0.1, 0.15) is 17.5 Å². The van der Waals surface area contributed by atoms with Gasteiger partial charge in [-0.15, -0.1) is 11.6 Å². The summed E-state index contributed by atoms with van der Waals surface area (Å²) in [6.07, 6.45) is 1.60. The molecule has 0 saturated carbocycles. The van der Waals surface area contributed by atoms with E-state index in [1.807, 2.05) is 0 Å². The van der Waals surface area contributed by atoms with Gasteiger partial charge in [0.2, 0.25) is 0 Å². The molecule has 0 saturated heterocycles. The first-order valence-corrected chi connectivity index (χ1v) is 10.3. The first-order chi connectivity index (χ1) is 15.2. The van der Waals surface area contributed by atoms with E-state index in [4.69, 9.17) is 17.3 Å². The molecule has 0 bridgehead atoms. The second kappa shape index (κ2) is 9.96. The molecule has 1 aromatic heterocycles. The molecule has 2 atom stereocenters. The van der Waals surface area contributed by atoms with Crippen molar-refractivity contribution >= 4 is 23.3 Å². The third-order valence-corrected chi connectivity index (χ3v) is 5.31. The SMILES string of the molecule is CC(Cl)C(=O)C[C@@H](Cc1cc(F)cc(F)c1)c1ncccc1-c1ccc(F)c(C(N)=O)c1. The van der Waals surface area contributed by atoms with Crippen LogP contribution in [0.3, 0.4) is 0 Å². The Balaban J connectivity index is 2.10. The fourth-order valence-corrected chi connectivity index (χ4v) is 3.64. The van der Waals surface area contributed by atoms with Gasteiger partial charge >= 0.3 is 0 Å². The van der Waals surface area contributed by atoms with E-state index >= 15 is 0 Å². The molecule has 1 heterocycles. The molecular formula is C24H20ClF3N2O2. The number of nitrogens with zero attached hydrogens (tertiary/aromatic N) is 1. The minimum absolute atomic E-state index is 0.0311. The number of alkyl halides is 1. The van der Waals surface area contributed by atoms with Crippen LogP contribution < -0.4 is 5.73 Å². The number of primary amides is 1. The predicted molar refractivity (Wildman–Crippen MR) is 116 cm³/mol. The minimum atomic E-state index is -0.923. The minimum Gasteiger partial charge on any atom is -0.366 e. The largest absolute Gasteiger partial charge is 0.366 e. The summed E-state index contributed by atoms with van der Waals surface area (Å²) in [4.78, 5) is 28.5. The Bertz CT molecular complexity index is 1150. The van der Waals surface area contributed by atoms with Crippen LogP contribution in [-0.4, -0.2) is 22.1 Å². The molecule has 0 spiro atoms. The Kier molecular flexibility index (Phi) is 7.30. The Hall–Kier alpha value is -3.19. The number of carbonyl (C=O) groups excluding carboxylic acids is 2. The van der Waals surface area contributed by atoms with E-state index in [-0.39, 0.29) is 24.2 Å². The number of hydrogen-bond acceptors (Lipinski definition) is 3. The van der Waals surface area contributed by atoms with E-state index in [9.17, 15) is 22.8 Å². The molecule has 0 aliphatic heterocycles. The normalized spacial score (nSPS) is 12.9. The van der Waals surface area contributed by atoms with Crippen molar-refractivity contribution in [3.8, 4) is 11.1 Å². The molecule has 2 aromatic carbocycles. The van der Waals surface area contributed by atoms with Gasteiger partial charge in [-0.25, -0.2) is 13.2 Å². The van der Waals surface area contributed by atoms with E-state index in [1.165, 1.54) is 30.5 Å². The van der Waals surface area contributed by atoms with Crippen molar-refractivity contribution in [3.63, 3.8) is 0 Å². The van der Waals surface area contributed by atoms with Crippen LogP contribution in [0.1, 0.15) is 40.9 Å². The second-order valence-corrected chi connectivity index (χ2v) is 8.11. The van der Waals surface area contributed by atoms with Crippen LogP contribution in [0.4, 0.5) is 13.2 Å². The molecule has 2 N–H and O–H groups in total. The first-order valence-electron chi connectivity index (χ1n) is 9.82. The quantitative estimate of drug-likeness (QED) is 0.471. The Labute approximate surface area is 188 Å². The Morgan fingerprint density at radius 3 is 2.38 bits per heavy atom. The maximum Gasteiger partial charge on any atom is 0.251 e. The first kappa shape index (κ1) is 23.5. The molecule has 32 heavy (non-hydrogen) atoms. The zero-order valence-corrected chi connectivity index (χ0v) is 17.9. The number of Topliss-reactive ketones (excluding diaryl/α,β-unsaturated/α-hetero) is 1. The van der Waals surface area contributed by atoms with Gasteiger partial charge in [0.05, 0.1) is 16.6 Å². The maximum atomic E-state index is 14.0. The van der Waals surface area contributed by atoms with Gasteiger partial charge < -0.3 is 5.73 Å². The average Bonchev–Trinajstić information content (AvgIpc) is 2.72. The second-order valence-electron chi connectivity index (χ2n) is 7.46. The van der Waals surface area contributed by atoms with Crippen molar-refractivity contribution in [3.05, 3.63) is 89.0 Å². The number of pyridine rings is 1. The van der Waals surface area contributed by atoms with Crippen LogP contribution in [-0.2, 0) is 11.2 Å². The number of carbonyl (C=O) groups is 2. The van der Waals surface area contributed by atoms with E-state index in [0.29, 0.717) is 22.4 Å². The summed E-state index contributed by atoms with van der Waals surface area (Å²) in [6, 6.07) is 10.4. The highest BCUT2D eigenvalue weighted by molar-refractivity contribution is 6.30. The summed E-state index contributed by atoms with van der Waals surface area (Å²) in [5.41, 5.74) is 6.77. The van der Waals surface area contributed by atoms with E-state index in [2.05, 4.69) is 4.98 Å². The fourth-order valence-electron chi connectivity index (χ4n) is 3.55. The molecular weight excluding hydrogens is 441 g/mol. The molecule has 4 nitrogen and oxygen atoms in total. The van der Waals surface area contributed by atoms with Crippen LogP contribution in [0.5, 0.6) is 0 Å². The van der Waals surface area contributed by atoms with Crippen molar-refractivity contribution in [1.29, 1.82) is 0 Å². The summed E-state index contributed by atoms with van der Waals surface area (Å²) in [7, 11) is 0. The molecule has 3 aromatic rings. The van der Waals surface area contributed by atoms with Crippen LogP contribution in [0.25, 0.3) is 11.1 Å². The smallest absolute Gasteiger partial charge is 0.251 e. The third kappa shape index (κ3) is 5.53. The highest BCUT2D eigenvalue weighted by Crippen LogP contribution is 2.33. The molecule has 3 rings (SSSR count). The Morgan fingerprint density at radius 2 is 1.75 bits per heavy atom. The van der Waals surface area contributed by atoms with Gasteiger partial charge in [0.25, 0.3) is 5.91 Å². The summed E-state index contributed by atoms with van der Waals surface area (Å²) >= 11 is 5.96. The van der Waals surface area contributed by atoms with E-state index < -0.39 is 34.7 Å². The van der Waals surface area contributed by atoms with Crippen LogP contribution >= 0.6 is 11.6 Å². The summed E-state index contributed by atoms with van der Waals surface area (Å²) in [6.45, 7) is 1.54. The van der Waals surface area contributed by atoms with Gasteiger partial charge in [0, 0.05) is 30.2 Å². The number of aromatic nitrogens is 1. The summed E-state index contributed by atoms with van der Waals surface area (Å²) < 4.78 is 41.5. The van der Waals surface area contributed by atoms with E-state index in [1.54, 1.807) is 19.1 Å². The van der Waals surface area contributed by atoms with Crippen LogP contribution in [0, 0.1) is 17.5 Å². The van der Waals surface area contributed by atoms with Gasteiger partial charge in [-0.05, 0) is 54.8 Å². The number of nitrogens with two attached hydrogens (primary N) is 1. The lowest BCUT2D eigenvalue weighted by atomic mass is 9.86.